The Hall–Kier alpha value is -2.22. The molecule has 0 aromatic carbocycles. The van der Waals surface area contributed by atoms with Gasteiger partial charge in [-0.1, -0.05) is 0 Å². The number of hydrogen-bond donors (Lipinski definition) is 1. The Labute approximate surface area is 161 Å². The topological polar surface area (TPSA) is 78.4 Å². The minimum Gasteiger partial charge on any atom is -0.362 e. The molecule has 2 unspecified atom stereocenters. The summed E-state index contributed by atoms with van der Waals surface area (Å²) in [5, 5.41) is 4.74. The van der Waals surface area contributed by atoms with Crippen molar-refractivity contribution in [2.75, 3.05) is 31.5 Å². The minimum absolute atomic E-state index is 0.0695. The molecule has 0 radical (unpaired) electrons. The number of carbonyl (C=O) groups is 2. The molecule has 2 amide bonds. The van der Waals surface area contributed by atoms with E-state index < -0.39 is 0 Å². The largest absolute Gasteiger partial charge is 0.362 e. The molecule has 8 heteroatoms. The van der Waals surface area contributed by atoms with Gasteiger partial charge in [0.2, 0.25) is 11.8 Å². The summed E-state index contributed by atoms with van der Waals surface area (Å²) in [4.78, 5) is 39.3. The number of thiophene rings is 1. The number of anilines is 1. The first kappa shape index (κ1) is 16.9. The average Bonchev–Trinajstić information content (AvgIpc) is 3.27. The standard InChI is InChI=1S/C19H23N5O2S/c1-12-7-14-17(20-11-21-18(14)27-12)22-19-5-4-13(19)8-24(10-19)16(26)9-23-6-2-3-15(23)25/h7,11,13H,2-6,8-10H2,1H3,(H,20,21,22). The fourth-order valence-corrected chi connectivity index (χ4v) is 5.53. The first-order chi connectivity index (χ1) is 13.0. The van der Waals surface area contributed by atoms with Crippen LogP contribution in [-0.4, -0.2) is 63.3 Å². The smallest absolute Gasteiger partial charge is 0.242 e. The molecular formula is C19H23N5O2S. The third-order valence-corrected chi connectivity index (χ3v) is 7.26. The van der Waals surface area contributed by atoms with E-state index in [1.165, 1.54) is 4.88 Å². The number of hydrogen-bond acceptors (Lipinski definition) is 6. The van der Waals surface area contributed by atoms with Crippen molar-refractivity contribution in [3.8, 4) is 0 Å². The lowest BCUT2D eigenvalue weighted by Gasteiger charge is -2.44. The summed E-state index contributed by atoms with van der Waals surface area (Å²) in [5.41, 5.74) is -0.0954. The fraction of sp³-hybridized carbons (Fsp3) is 0.579. The van der Waals surface area contributed by atoms with E-state index in [9.17, 15) is 9.59 Å². The predicted octanol–water partition coefficient (Wildman–Crippen LogP) is 2.03. The summed E-state index contributed by atoms with van der Waals surface area (Å²) in [7, 11) is 0. The van der Waals surface area contributed by atoms with Crippen LogP contribution < -0.4 is 5.32 Å². The Morgan fingerprint density at radius 1 is 1.44 bits per heavy atom. The van der Waals surface area contributed by atoms with Crippen LogP contribution in [0, 0.1) is 12.8 Å². The molecule has 142 valence electrons. The van der Waals surface area contributed by atoms with Crippen molar-refractivity contribution in [2.24, 2.45) is 5.92 Å². The Morgan fingerprint density at radius 2 is 2.33 bits per heavy atom. The van der Waals surface area contributed by atoms with Crippen LogP contribution in [0.15, 0.2) is 12.4 Å². The number of fused-ring (bicyclic) bond motifs is 2. The SMILES string of the molecule is Cc1cc2c(NC34CCC3CN(C(=O)CN3CCCC3=O)C4)ncnc2s1. The van der Waals surface area contributed by atoms with Gasteiger partial charge in [0, 0.05) is 36.9 Å². The number of aryl methyl sites for hydroxylation is 1. The highest BCUT2D eigenvalue weighted by Crippen LogP contribution is 2.47. The van der Waals surface area contributed by atoms with Crippen LogP contribution in [0.25, 0.3) is 10.2 Å². The molecule has 0 spiro atoms. The van der Waals surface area contributed by atoms with Gasteiger partial charge in [-0.25, -0.2) is 9.97 Å². The number of aromatic nitrogens is 2. The van der Waals surface area contributed by atoms with Crippen molar-refractivity contribution in [2.45, 2.75) is 38.1 Å². The molecule has 1 N–H and O–H groups in total. The molecule has 2 saturated heterocycles. The van der Waals surface area contributed by atoms with Crippen LogP contribution >= 0.6 is 11.3 Å². The predicted molar refractivity (Wildman–Crippen MR) is 104 cm³/mol. The Morgan fingerprint density at radius 3 is 3.07 bits per heavy atom. The second kappa shape index (κ2) is 6.15. The molecule has 27 heavy (non-hydrogen) atoms. The number of carbonyl (C=O) groups excluding carboxylic acids is 2. The lowest BCUT2D eigenvalue weighted by atomic mass is 9.69. The number of amides is 2. The van der Waals surface area contributed by atoms with Gasteiger partial charge in [-0.05, 0) is 32.3 Å². The average molecular weight is 385 g/mol. The molecule has 5 rings (SSSR count). The van der Waals surface area contributed by atoms with Crippen molar-refractivity contribution < 1.29 is 9.59 Å². The lowest BCUT2D eigenvalue weighted by molar-refractivity contribution is -0.137. The highest BCUT2D eigenvalue weighted by atomic mass is 32.1. The number of likely N-dealkylation sites (tertiary alicyclic amines) is 2. The molecule has 0 bridgehead atoms. The zero-order valence-electron chi connectivity index (χ0n) is 15.4. The van der Waals surface area contributed by atoms with Gasteiger partial charge >= 0.3 is 0 Å². The molecule has 2 aliphatic heterocycles. The molecule has 1 aliphatic carbocycles. The zero-order valence-corrected chi connectivity index (χ0v) is 16.2. The van der Waals surface area contributed by atoms with Crippen LogP contribution in [0.1, 0.15) is 30.6 Å². The van der Waals surface area contributed by atoms with E-state index in [1.54, 1.807) is 22.6 Å². The maximum absolute atomic E-state index is 12.8. The van der Waals surface area contributed by atoms with Crippen molar-refractivity contribution in [1.82, 2.24) is 19.8 Å². The van der Waals surface area contributed by atoms with Crippen molar-refractivity contribution >= 4 is 39.2 Å². The van der Waals surface area contributed by atoms with E-state index in [0.29, 0.717) is 25.4 Å². The Kier molecular flexibility index (Phi) is 3.86. The molecule has 1 saturated carbocycles. The van der Waals surface area contributed by atoms with Crippen LogP contribution in [0.5, 0.6) is 0 Å². The van der Waals surface area contributed by atoms with Gasteiger partial charge in [0.05, 0.1) is 17.5 Å². The van der Waals surface area contributed by atoms with Gasteiger partial charge in [0.15, 0.2) is 0 Å². The summed E-state index contributed by atoms with van der Waals surface area (Å²) in [5.74, 6) is 1.49. The van der Waals surface area contributed by atoms with Crippen molar-refractivity contribution in [3.63, 3.8) is 0 Å². The zero-order chi connectivity index (χ0) is 18.6. The monoisotopic (exact) mass is 385 g/mol. The third kappa shape index (κ3) is 2.77. The molecule has 7 nitrogen and oxygen atoms in total. The Bertz CT molecular complexity index is 928. The van der Waals surface area contributed by atoms with Crippen LogP contribution in [-0.2, 0) is 9.59 Å². The quantitative estimate of drug-likeness (QED) is 0.871. The first-order valence-electron chi connectivity index (χ1n) is 9.59. The molecule has 3 aliphatic rings. The van der Waals surface area contributed by atoms with Crippen LogP contribution in [0.2, 0.25) is 0 Å². The fourth-order valence-electron chi connectivity index (χ4n) is 4.68. The van der Waals surface area contributed by atoms with E-state index in [0.717, 1.165) is 41.8 Å². The van der Waals surface area contributed by atoms with Gasteiger partial charge in [-0.3, -0.25) is 9.59 Å². The maximum atomic E-state index is 12.8. The minimum atomic E-state index is -0.0954. The summed E-state index contributed by atoms with van der Waals surface area (Å²) in [6.07, 6.45) is 5.21. The summed E-state index contributed by atoms with van der Waals surface area (Å²) < 4.78 is 0. The van der Waals surface area contributed by atoms with E-state index in [1.807, 2.05) is 4.90 Å². The van der Waals surface area contributed by atoms with Crippen LogP contribution in [0.3, 0.4) is 0 Å². The van der Waals surface area contributed by atoms with Gasteiger partial charge in [0.1, 0.15) is 17.0 Å². The third-order valence-electron chi connectivity index (χ3n) is 6.30. The molecule has 2 aromatic rings. The van der Waals surface area contributed by atoms with E-state index in [2.05, 4.69) is 28.3 Å². The first-order valence-corrected chi connectivity index (χ1v) is 10.4. The second-order valence-corrected chi connectivity index (χ2v) is 9.24. The molecule has 4 heterocycles. The van der Waals surface area contributed by atoms with Crippen molar-refractivity contribution in [1.29, 1.82) is 0 Å². The molecule has 3 fully saturated rings. The van der Waals surface area contributed by atoms with Crippen molar-refractivity contribution in [3.05, 3.63) is 17.3 Å². The number of nitrogens with zero attached hydrogens (tertiary/aromatic N) is 4. The lowest BCUT2D eigenvalue weighted by Crippen LogP contribution is -2.53. The van der Waals surface area contributed by atoms with Gasteiger partial charge in [-0.15, -0.1) is 11.3 Å². The number of rotatable bonds is 4. The molecule has 2 aromatic heterocycles. The van der Waals surface area contributed by atoms with Gasteiger partial charge < -0.3 is 15.1 Å². The summed E-state index contributed by atoms with van der Waals surface area (Å²) in [6.45, 7) is 4.47. The summed E-state index contributed by atoms with van der Waals surface area (Å²) >= 11 is 1.67. The maximum Gasteiger partial charge on any atom is 0.242 e. The Balaban J connectivity index is 1.33. The van der Waals surface area contributed by atoms with Gasteiger partial charge in [-0.2, -0.15) is 0 Å². The van der Waals surface area contributed by atoms with Crippen LogP contribution in [0.4, 0.5) is 5.82 Å². The van der Waals surface area contributed by atoms with Gasteiger partial charge in [0.25, 0.3) is 0 Å². The van der Waals surface area contributed by atoms with E-state index in [4.69, 9.17) is 0 Å². The highest BCUT2D eigenvalue weighted by molar-refractivity contribution is 7.18. The van der Waals surface area contributed by atoms with E-state index >= 15 is 0 Å². The summed E-state index contributed by atoms with van der Waals surface area (Å²) in [6, 6.07) is 2.13. The normalized spacial score (nSPS) is 27.1. The number of nitrogens with one attached hydrogen (secondary N) is 1. The van der Waals surface area contributed by atoms with E-state index in [-0.39, 0.29) is 23.9 Å². The second-order valence-electron chi connectivity index (χ2n) is 8.01. The molecular weight excluding hydrogens is 362 g/mol. The highest BCUT2D eigenvalue weighted by Gasteiger charge is 2.54. The molecule has 2 atom stereocenters.